The van der Waals surface area contributed by atoms with Gasteiger partial charge in [-0.2, -0.15) is 13.2 Å². The quantitative estimate of drug-likeness (QED) is 0.509. The number of hydrogen-bond donors (Lipinski definition) is 1. The number of alkyl halides is 3. The van der Waals surface area contributed by atoms with Crippen molar-refractivity contribution in [1.82, 2.24) is 14.9 Å². The molecular weight excluding hydrogens is 421 g/mol. The van der Waals surface area contributed by atoms with Crippen LogP contribution < -0.4 is 5.32 Å². The van der Waals surface area contributed by atoms with Crippen LogP contribution in [0.1, 0.15) is 53.9 Å². The van der Waals surface area contributed by atoms with Crippen LogP contribution >= 0.6 is 11.3 Å². The number of halogens is 3. The van der Waals surface area contributed by atoms with Gasteiger partial charge >= 0.3 is 6.18 Å². The number of aryl methyl sites for hydroxylation is 2. The second-order valence-corrected chi connectivity index (χ2v) is 9.50. The maximum atomic E-state index is 13.2. The van der Waals surface area contributed by atoms with Gasteiger partial charge < -0.3 is 5.32 Å². The molecule has 1 aromatic carbocycles. The molecule has 1 aliphatic heterocycles. The van der Waals surface area contributed by atoms with Gasteiger partial charge in [-0.1, -0.05) is 12.5 Å². The molecule has 164 valence electrons. The van der Waals surface area contributed by atoms with Crippen LogP contribution in [0.2, 0.25) is 0 Å². The van der Waals surface area contributed by atoms with Gasteiger partial charge in [-0.05, 0) is 75.4 Å². The molecule has 2 aromatic heterocycles. The number of rotatable bonds is 4. The molecule has 1 N–H and O–H groups in total. The van der Waals surface area contributed by atoms with Gasteiger partial charge in [0, 0.05) is 10.6 Å². The molecule has 0 radical (unpaired) electrons. The smallest absolute Gasteiger partial charge is 0.340 e. The van der Waals surface area contributed by atoms with Crippen LogP contribution in [0.4, 0.5) is 24.7 Å². The molecule has 8 heteroatoms. The molecule has 0 atom stereocenters. The molecule has 0 amide bonds. The van der Waals surface area contributed by atoms with Gasteiger partial charge in [0.05, 0.1) is 17.5 Å². The standard InChI is InChI=1S/C23H25F3N4S/c24-23(25,26)15-7-6-8-16(13-15)27-21-20-17-9-2-3-10-18(17)31-22(20)29-19(28-21)14-30-11-4-1-5-12-30/h6-8,13H,1-5,9-12,14H2,(H,27,28,29). The summed E-state index contributed by atoms with van der Waals surface area (Å²) >= 11 is 1.72. The molecule has 1 saturated heterocycles. The number of hydrogen-bond acceptors (Lipinski definition) is 5. The number of aromatic nitrogens is 2. The molecule has 1 aliphatic carbocycles. The largest absolute Gasteiger partial charge is 0.416 e. The van der Waals surface area contributed by atoms with Crippen molar-refractivity contribution in [3.63, 3.8) is 0 Å². The van der Waals surface area contributed by atoms with Crippen LogP contribution in [-0.4, -0.2) is 28.0 Å². The highest BCUT2D eigenvalue weighted by Crippen LogP contribution is 2.40. The Kier molecular flexibility index (Phi) is 5.60. The van der Waals surface area contributed by atoms with Crippen molar-refractivity contribution in [2.45, 2.75) is 57.7 Å². The first kappa shape index (κ1) is 20.7. The molecule has 2 aliphatic rings. The lowest BCUT2D eigenvalue weighted by Crippen LogP contribution is -2.29. The van der Waals surface area contributed by atoms with Crippen molar-refractivity contribution in [3.05, 3.63) is 46.1 Å². The number of nitrogens with one attached hydrogen (secondary N) is 1. The third-order valence-corrected chi connectivity index (χ3v) is 7.31. The summed E-state index contributed by atoms with van der Waals surface area (Å²) in [4.78, 5) is 14.4. The number of anilines is 2. The van der Waals surface area contributed by atoms with Gasteiger partial charge in [-0.25, -0.2) is 9.97 Å². The van der Waals surface area contributed by atoms with Crippen LogP contribution in [-0.2, 0) is 25.6 Å². The van der Waals surface area contributed by atoms with Crippen LogP contribution in [0.25, 0.3) is 10.2 Å². The van der Waals surface area contributed by atoms with Gasteiger partial charge in [0.25, 0.3) is 0 Å². The summed E-state index contributed by atoms with van der Waals surface area (Å²) in [7, 11) is 0. The minimum atomic E-state index is -4.38. The number of piperidine rings is 1. The maximum absolute atomic E-state index is 13.2. The van der Waals surface area contributed by atoms with Crippen LogP contribution in [0.15, 0.2) is 24.3 Å². The lowest BCUT2D eigenvalue weighted by molar-refractivity contribution is -0.137. The van der Waals surface area contributed by atoms with Gasteiger partial charge in [0.15, 0.2) is 0 Å². The molecule has 0 bridgehead atoms. The van der Waals surface area contributed by atoms with E-state index in [1.807, 2.05) is 0 Å². The fourth-order valence-electron chi connectivity index (χ4n) is 4.59. The fraction of sp³-hybridized carbons (Fsp3) is 0.478. The van der Waals surface area contributed by atoms with Gasteiger partial charge in [0.2, 0.25) is 0 Å². The van der Waals surface area contributed by atoms with Crippen molar-refractivity contribution in [2.24, 2.45) is 0 Å². The molecule has 1 fully saturated rings. The second-order valence-electron chi connectivity index (χ2n) is 8.42. The van der Waals surface area contributed by atoms with Gasteiger partial charge in [-0.3, -0.25) is 4.90 Å². The van der Waals surface area contributed by atoms with E-state index in [1.165, 1.54) is 42.2 Å². The van der Waals surface area contributed by atoms with E-state index < -0.39 is 11.7 Å². The topological polar surface area (TPSA) is 41.1 Å². The lowest BCUT2D eigenvalue weighted by atomic mass is 9.97. The Balaban J connectivity index is 1.55. The Hall–Kier alpha value is -2.19. The highest BCUT2D eigenvalue weighted by molar-refractivity contribution is 7.19. The van der Waals surface area contributed by atoms with Crippen molar-refractivity contribution in [2.75, 3.05) is 18.4 Å². The molecule has 3 aromatic rings. The number of nitrogens with zero attached hydrogens (tertiary/aromatic N) is 3. The summed E-state index contributed by atoms with van der Waals surface area (Å²) in [6.45, 7) is 2.76. The Morgan fingerprint density at radius 2 is 1.81 bits per heavy atom. The first-order valence-corrected chi connectivity index (χ1v) is 11.8. The van der Waals surface area contributed by atoms with E-state index in [4.69, 9.17) is 9.97 Å². The highest BCUT2D eigenvalue weighted by Gasteiger charge is 2.30. The number of fused-ring (bicyclic) bond motifs is 3. The first-order valence-electron chi connectivity index (χ1n) is 11.0. The molecule has 0 spiro atoms. The summed E-state index contributed by atoms with van der Waals surface area (Å²) in [5, 5.41) is 4.20. The summed E-state index contributed by atoms with van der Waals surface area (Å²) in [6, 6.07) is 5.33. The zero-order chi connectivity index (χ0) is 21.4. The summed E-state index contributed by atoms with van der Waals surface area (Å²) in [5.41, 5.74) is 1.00. The van der Waals surface area contributed by atoms with E-state index in [1.54, 1.807) is 17.4 Å². The molecular formula is C23H25F3N4S. The van der Waals surface area contributed by atoms with E-state index in [2.05, 4.69) is 10.2 Å². The van der Waals surface area contributed by atoms with Crippen molar-refractivity contribution in [3.8, 4) is 0 Å². The predicted octanol–water partition coefficient (Wildman–Crippen LogP) is 6.32. The zero-order valence-corrected chi connectivity index (χ0v) is 18.1. The molecule has 0 saturated carbocycles. The molecule has 4 nitrogen and oxygen atoms in total. The minimum absolute atomic E-state index is 0.398. The predicted molar refractivity (Wildman–Crippen MR) is 118 cm³/mol. The maximum Gasteiger partial charge on any atom is 0.416 e. The number of benzene rings is 1. The van der Waals surface area contributed by atoms with E-state index in [-0.39, 0.29) is 0 Å². The highest BCUT2D eigenvalue weighted by atomic mass is 32.1. The van der Waals surface area contributed by atoms with Crippen molar-refractivity contribution < 1.29 is 13.2 Å². The lowest BCUT2D eigenvalue weighted by Gasteiger charge is -2.25. The number of thiophene rings is 1. The van der Waals surface area contributed by atoms with Crippen LogP contribution in [0.3, 0.4) is 0 Å². The monoisotopic (exact) mass is 446 g/mol. The first-order chi connectivity index (χ1) is 15.0. The van der Waals surface area contributed by atoms with E-state index in [9.17, 15) is 13.2 Å². The SMILES string of the molecule is FC(F)(F)c1cccc(Nc2nc(CN3CCCCC3)nc3sc4c(c23)CCCC4)c1. The Labute approximate surface area is 183 Å². The Morgan fingerprint density at radius 3 is 2.61 bits per heavy atom. The summed E-state index contributed by atoms with van der Waals surface area (Å²) in [6.07, 6.45) is 3.57. The third-order valence-electron chi connectivity index (χ3n) is 6.13. The third kappa shape index (κ3) is 4.41. The van der Waals surface area contributed by atoms with Crippen molar-refractivity contribution >= 4 is 33.1 Å². The van der Waals surface area contributed by atoms with Gasteiger partial charge in [-0.15, -0.1) is 11.3 Å². The van der Waals surface area contributed by atoms with E-state index >= 15 is 0 Å². The molecule has 0 unspecified atom stereocenters. The minimum Gasteiger partial charge on any atom is -0.340 e. The normalized spacial score (nSPS) is 17.6. The van der Waals surface area contributed by atoms with Crippen LogP contribution in [0, 0.1) is 0 Å². The molecule has 31 heavy (non-hydrogen) atoms. The molecule has 5 rings (SSSR count). The zero-order valence-electron chi connectivity index (χ0n) is 17.3. The number of likely N-dealkylation sites (tertiary alicyclic amines) is 1. The second kappa shape index (κ2) is 8.39. The average molecular weight is 447 g/mol. The fourth-order valence-corrected chi connectivity index (χ4v) is 5.87. The van der Waals surface area contributed by atoms with E-state index in [0.717, 1.165) is 60.5 Å². The van der Waals surface area contributed by atoms with Gasteiger partial charge in [0.1, 0.15) is 16.5 Å². The Bertz CT molecular complexity index is 1090. The summed E-state index contributed by atoms with van der Waals surface area (Å²) in [5.74, 6) is 1.37. The van der Waals surface area contributed by atoms with E-state index in [0.29, 0.717) is 18.1 Å². The van der Waals surface area contributed by atoms with Crippen LogP contribution in [0.5, 0.6) is 0 Å². The Morgan fingerprint density at radius 1 is 1.00 bits per heavy atom. The summed E-state index contributed by atoms with van der Waals surface area (Å²) < 4.78 is 39.6. The molecule has 3 heterocycles. The van der Waals surface area contributed by atoms with Crippen molar-refractivity contribution in [1.29, 1.82) is 0 Å². The average Bonchev–Trinajstić information content (AvgIpc) is 3.13.